The first kappa shape index (κ1) is 27.4. The van der Waals surface area contributed by atoms with Crippen LogP contribution < -0.4 is 0 Å². The molecule has 0 aliphatic carbocycles. The molecule has 0 N–H and O–H groups in total. The van der Waals surface area contributed by atoms with E-state index in [0.29, 0.717) is 11.5 Å². The number of benzene rings is 1. The summed E-state index contributed by atoms with van der Waals surface area (Å²) in [4.78, 5) is 2.28. The van der Waals surface area contributed by atoms with Crippen LogP contribution in [0.25, 0.3) is 5.57 Å². The van der Waals surface area contributed by atoms with Gasteiger partial charge >= 0.3 is 0 Å². The Labute approximate surface area is 196 Å². The molecule has 0 fully saturated rings. The highest BCUT2D eigenvalue weighted by Gasteiger charge is 2.14. The Bertz CT molecular complexity index is 909. The fourth-order valence-electron chi connectivity index (χ4n) is 3.39. The van der Waals surface area contributed by atoms with Crippen molar-refractivity contribution in [1.29, 1.82) is 0 Å². The molecule has 2 heteroatoms. The number of aryl methyl sites for hydroxylation is 1. The Morgan fingerprint density at radius 2 is 1.84 bits per heavy atom. The van der Waals surface area contributed by atoms with Crippen LogP contribution in [0.3, 0.4) is 0 Å². The van der Waals surface area contributed by atoms with Gasteiger partial charge in [0.15, 0.2) is 0 Å². The molecule has 1 atom stereocenters. The van der Waals surface area contributed by atoms with E-state index in [0.717, 1.165) is 36.1 Å². The number of likely N-dealkylation sites (N-methyl/N-ethyl adjacent to an activating group) is 1. The summed E-state index contributed by atoms with van der Waals surface area (Å²) in [6, 6.07) is 5.36. The number of halogens is 1. The van der Waals surface area contributed by atoms with E-state index in [1.807, 2.05) is 32.9 Å². The lowest BCUT2D eigenvalue weighted by Gasteiger charge is -2.26. The minimum atomic E-state index is -0.163. The maximum atomic E-state index is 13.8. The highest BCUT2D eigenvalue weighted by atomic mass is 19.1. The molecule has 1 aromatic rings. The Balaban J connectivity index is 0.00000249. The van der Waals surface area contributed by atoms with E-state index in [2.05, 4.69) is 88.3 Å². The molecule has 1 aliphatic heterocycles. The zero-order chi connectivity index (χ0) is 24.1. The van der Waals surface area contributed by atoms with Crippen molar-refractivity contribution in [3.05, 3.63) is 101 Å². The van der Waals surface area contributed by atoms with Crippen LogP contribution >= 0.6 is 0 Å². The van der Waals surface area contributed by atoms with E-state index < -0.39 is 0 Å². The van der Waals surface area contributed by atoms with E-state index in [-0.39, 0.29) is 5.82 Å². The van der Waals surface area contributed by atoms with Gasteiger partial charge in [-0.15, -0.1) is 0 Å². The number of hydrogen-bond acceptors (Lipinski definition) is 1. The van der Waals surface area contributed by atoms with Crippen molar-refractivity contribution in [1.82, 2.24) is 4.90 Å². The normalized spacial score (nSPS) is 16.8. The lowest BCUT2D eigenvalue weighted by atomic mass is 9.92. The number of hydrogen-bond donors (Lipinski definition) is 0. The van der Waals surface area contributed by atoms with Crippen LogP contribution in [-0.2, 0) is 0 Å². The monoisotopic (exact) mass is 435 g/mol. The predicted molar refractivity (Wildman–Crippen MR) is 141 cm³/mol. The lowest BCUT2D eigenvalue weighted by molar-refractivity contribution is 0.492. The molecule has 32 heavy (non-hydrogen) atoms. The van der Waals surface area contributed by atoms with Crippen LogP contribution in [0.1, 0.15) is 72.4 Å². The van der Waals surface area contributed by atoms with E-state index >= 15 is 0 Å². The fourth-order valence-corrected chi connectivity index (χ4v) is 3.39. The lowest BCUT2D eigenvalue weighted by Crippen LogP contribution is -2.18. The highest BCUT2D eigenvalue weighted by molar-refractivity contribution is 5.76. The van der Waals surface area contributed by atoms with Gasteiger partial charge in [-0.2, -0.15) is 0 Å². The average Bonchev–Trinajstić information content (AvgIpc) is 2.81. The first-order valence-corrected chi connectivity index (χ1v) is 12.1. The second kappa shape index (κ2) is 14.5. The average molecular weight is 436 g/mol. The molecule has 0 aromatic heterocycles. The SMILES string of the molecule is CC.CC/C=C/C=C\C(C1=C/C(=C/C(C)CC)N(CC)C=C1)=C(/C)c1ccc(F)c(C)c1. The van der Waals surface area contributed by atoms with Gasteiger partial charge in [-0.1, -0.05) is 77.5 Å². The smallest absolute Gasteiger partial charge is 0.126 e. The minimum Gasteiger partial charge on any atom is -0.348 e. The molecule has 1 heterocycles. The summed E-state index contributed by atoms with van der Waals surface area (Å²) < 4.78 is 13.8. The number of allylic oxidation sites excluding steroid dienone is 10. The Hall–Kier alpha value is -2.61. The third-order valence-electron chi connectivity index (χ3n) is 5.56. The molecule has 1 unspecified atom stereocenters. The number of rotatable bonds is 8. The quantitative estimate of drug-likeness (QED) is 0.368. The molecule has 1 aromatic carbocycles. The van der Waals surface area contributed by atoms with Crippen molar-refractivity contribution in [2.24, 2.45) is 5.92 Å². The molecule has 2 rings (SSSR count). The molecular weight excluding hydrogens is 393 g/mol. The molecule has 0 radical (unpaired) electrons. The van der Waals surface area contributed by atoms with Gasteiger partial charge in [-0.25, -0.2) is 4.39 Å². The van der Waals surface area contributed by atoms with Gasteiger partial charge in [0, 0.05) is 18.4 Å². The summed E-state index contributed by atoms with van der Waals surface area (Å²) in [5.41, 5.74) is 6.43. The van der Waals surface area contributed by atoms with Crippen LogP contribution in [0.4, 0.5) is 4.39 Å². The first-order valence-electron chi connectivity index (χ1n) is 12.1. The van der Waals surface area contributed by atoms with Crippen molar-refractivity contribution in [3.63, 3.8) is 0 Å². The summed E-state index contributed by atoms with van der Waals surface area (Å²) in [5, 5.41) is 0. The summed E-state index contributed by atoms with van der Waals surface area (Å²) in [6.45, 7) is 17.7. The van der Waals surface area contributed by atoms with Crippen molar-refractivity contribution in [2.75, 3.05) is 6.54 Å². The Kier molecular flexibility index (Phi) is 12.4. The molecule has 1 aliphatic rings. The van der Waals surface area contributed by atoms with E-state index in [4.69, 9.17) is 0 Å². The molecule has 174 valence electrons. The second-order valence-electron chi connectivity index (χ2n) is 7.88. The van der Waals surface area contributed by atoms with Gasteiger partial charge in [-0.05, 0) is 85.2 Å². The van der Waals surface area contributed by atoms with Crippen LogP contribution in [0.5, 0.6) is 0 Å². The highest BCUT2D eigenvalue weighted by Crippen LogP contribution is 2.31. The van der Waals surface area contributed by atoms with Gasteiger partial charge in [0.1, 0.15) is 5.82 Å². The summed E-state index contributed by atoms with van der Waals surface area (Å²) in [6.07, 6.45) is 19.6. The minimum absolute atomic E-state index is 0.163. The van der Waals surface area contributed by atoms with Crippen LogP contribution in [-0.4, -0.2) is 11.4 Å². The second-order valence-corrected chi connectivity index (χ2v) is 7.88. The van der Waals surface area contributed by atoms with Crippen molar-refractivity contribution >= 4 is 5.57 Å². The summed E-state index contributed by atoms with van der Waals surface area (Å²) >= 11 is 0. The maximum Gasteiger partial charge on any atom is 0.126 e. The van der Waals surface area contributed by atoms with Gasteiger partial charge in [0.05, 0.1) is 0 Å². The van der Waals surface area contributed by atoms with E-state index in [1.165, 1.54) is 11.3 Å². The Morgan fingerprint density at radius 1 is 1.12 bits per heavy atom. The van der Waals surface area contributed by atoms with E-state index in [9.17, 15) is 4.39 Å². The molecule has 0 saturated carbocycles. The standard InChI is InChI=1S/C28H36FN.C2H6/c1-7-10-11-12-13-27(23(6)24-14-15-28(29)22(5)19-24)25-16-17-30(9-3)26(20-25)18-21(4)8-2;1-2/h10-21H,7-9H2,1-6H3;1-2H3/b11-10+,13-12-,26-18-,27-23-;. The molecule has 1 nitrogen and oxygen atoms in total. The summed E-state index contributed by atoms with van der Waals surface area (Å²) in [5.74, 6) is 0.359. The topological polar surface area (TPSA) is 3.24 Å². The molecule has 0 saturated heterocycles. The maximum absolute atomic E-state index is 13.8. The molecule has 0 bridgehead atoms. The van der Waals surface area contributed by atoms with E-state index in [1.54, 1.807) is 6.07 Å². The van der Waals surface area contributed by atoms with Crippen LogP contribution in [0, 0.1) is 18.7 Å². The van der Waals surface area contributed by atoms with Gasteiger partial charge in [-0.3, -0.25) is 0 Å². The van der Waals surface area contributed by atoms with Gasteiger partial charge in [0.2, 0.25) is 0 Å². The Morgan fingerprint density at radius 3 is 2.44 bits per heavy atom. The largest absolute Gasteiger partial charge is 0.348 e. The zero-order valence-electron chi connectivity index (χ0n) is 21.4. The van der Waals surface area contributed by atoms with Crippen molar-refractivity contribution < 1.29 is 4.39 Å². The van der Waals surface area contributed by atoms with Crippen molar-refractivity contribution in [2.45, 2.75) is 68.2 Å². The third-order valence-corrected chi connectivity index (χ3v) is 5.56. The zero-order valence-corrected chi connectivity index (χ0v) is 21.4. The third kappa shape index (κ3) is 7.82. The van der Waals surface area contributed by atoms with Gasteiger partial charge in [0.25, 0.3) is 0 Å². The van der Waals surface area contributed by atoms with Crippen molar-refractivity contribution in [3.8, 4) is 0 Å². The van der Waals surface area contributed by atoms with Crippen LogP contribution in [0.15, 0.2) is 83.8 Å². The predicted octanol–water partition coefficient (Wildman–Crippen LogP) is 9.16. The first-order chi connectivity index (χ1) is 15.4. The summed E-state index contributed by atoms with van der Waals surface area (Å²) in [7, 11) is 0. The fraction of sp³-hybridized carbons (Fsp3) is 0.400. The van der Waals surface area contributed by atoms with Crippen LogP contribution in [0.2, 0.25) is 0 Å². The number of nitrogens with zero attached hydrogens (tertiary/aromatic N) is 1. The molecule has 0 amide bonds. The van der Waals surface area contributed by atoms with Gasteiger partial charge < -0.3 is 4.90 Å². The molecular formula is C30H42FN. The molecule has 0 spiro atoms.